The van der Waals surface area contributed by atoms with Crippen LogP contribution in [0.15, 0.2) is 213 Å². The molecule has 0 aliphatic carbocycles. The van der Waals surface area contributed by atoms with Crippen molar-refractivity contribution in [3.63, 3.8) is 0 Å². The van der Waals surface area contributed by atoms with E-state index in [2.05, 4.69) is 59.0 Å². The number of nitrogens with zero attached hydrogens (tertiary/aromatic N) is 9. The van der Waals surface area contributed by atoms with Gasteiger partial charge < -0.3 is 57.6 Å². The minimum Gasteiger partial charge on any atom is -0.457 e. The maximum atomic E-state index is 14.9. The van der Waals surface area contributed by atoms with E-state index < -0.39 is 71.5 Å². The van der Waals surface area contributed by atoms with Gasteiger partial charge in [-0.25, -0.2) is 28.8 Å². The van der Waals surface area contributed by atoms with Crippen molar-refractivity contribution in [3.05, 3.63) is 230 Å². The van der Waals surface area contributed by atoms with Gasteiger partial charge in [-0.15, -0.1) is 0 Å². The van der Waals surface area contributed by atoms with Crippen molar-refractivity contribution in [2.24, 2.45) is 17.8 Å². The number of likely N-dealkylation sites (N-methyl/N-ethyl adjacent to an activating group) is 3. The fraction of sp³-hybridized carbons (Fsp3) is 0.367. The number of ether oxygens (including phenoxy) is 3. The predicted octanol–water partition coefficient (Wildman–Crippen LogP) is 11.1. The number of urea groups is 3. The number of aliphatic hydroxyl groups is 1. The number of carbonyl (C=O) groups excluding carboxylic acids is 10. The number of amides is 9. The largest absolute Gasteiger partial charge is 0.457 e. The average Bonchev–Trinajstić information content (AvgIpc) is 1.06. The molecule has 8 aliphatic heterocycles. The molecule has 0 saturated carbocycles. The number of β-lactam (4-membered cyclic amide) rings is 3. The number of carbonyl (C=O) groups is 10. The number of hydrogen-bond donors (Lipinski definition) is 1. The molecule has 9 atom stereocenters. The van der Waals surface area contributed by atoms with E-state index in [9.17, 15) is 53.1 Å². The summed E-state index contributed by atoms with van der Waals surface area (Å²) in [5, 5.41) is 12.6. The second kappa shape index (κ2) is 36.0. The molecule has 25 nitrogen and oxygen atoms in total. The van der Waals surface area contributed by atoms with Gasteiger partial charge in [-0.2, -0.15) is 0 Å². The van der Waals surface area contributed by atoms with Gasteiger partial charge in [0.05, 0.1) is 54.2 Å². The molecule has 6 aromatic rings. The molecule has 6 saturated heterocycles. The Bertz CT molecular complexity index is 4890. The first-order chi connectivity index (χ1) is 56.3. The van der Waals surface area contributed by atoms with Crippen molar-refractivity contribution in [1.29, 1.82) is 0 Å². The predicted molar refractivity (Wildman–Crippen MR) is 463 cm³/mol. The van der Waals surface area contributed by atoms with E-state index in [0.717, 1.165) is 44.0 Å². The Labute approximate surface area is 692 Å². The molecule has 620 valence electrons. The van der Waals surface area contributed by atoms with Crippen LogP contribution >= 0.6 is 6.89 Å². The third-order valence-electron chi connectivity index (χ3n) is 22.4. The number of hydrogen-bond acceptors (Lipinski definition) is 16. The Morgan fingerprint density at radius 3 is 1.16 bits per heavy atom. The number of rotatable bonds is 28. The minimum absolute atomic E-state index is 0.0319. The first-order valence-corrected chi connectivity index (χ1v) is 48.6. The van der Waals surface area contributed by atoms with Crippen LogP contribution in [-0.2, 0) is 51.8 Å². The van der Waals surface area contributed by atoms with E-state index >= 15 is 0 Å². The molecule has 0 radical (unpaired) electrons. The molecule has 9 amide bonds. The lowest BCUT2D eigenvalue weighted by Gasteiger charge is -2.52. The van der Waals surface area contributed by atoms with Crippen LogP contribution in [0.4, 0.5) is 31.4 Å². The average molecular weight is 1660 g/mol. The molecule has 28 heteroatoms. The lowest BCUT2D eigenvalue weighted by Crippen LogP contribution is -2.69. The molecule has 0 aromatic heterocycles. The van der Waals surface area contributed by atoms with Crippen LogP contribution in [0.1, 0.15) is 61.5 Å². The van der Waals surface area contributed by atoms with E-state index in [0.29, 0.717) is 74.6 Å². The highest BCUT2D eigenvalue weighted by molar-refractivity contribution is 7.96. The number of anilines is 3. The first-order valence-electron chi connectivity index (χ1n) is 39.9. The smallest absolute Gasteiger partial charge is 0.356 e. The Hall–Kier alpha value is -11.1. The first kappa shape index (κ1) is 86.3. The summed E-state index contributed by atoms with van der Waals surface area (Å²) in [7, 11) is 1.35. The van der Waals surface area contributed by atoms with E-state index in [1.165, 1.54) is 23.1 Å². The lowest BCUT2D eigenvalue weighted by atomic mass is 9.79. The number of benzene rings is 6. The van der Waals surface area contributed by atoms with Gasteiger partial charge in [-0.3, -0.25) is 33.9 Å². The van der Waals surface area contributed by atoms with Gasteiger partial charge in [0.2, 0.25) is 17.7 Å². The molecule has 0 spiro atoms. The van der Waals surface area contributed by atoms with Crippen LogP contribution in [0.5, 0.6) is 0 Å². The highest BCUT2D eigenvalue weighted by Gasteiger charge is 2.60. The summed E-state index contributed by atoms with van der Waals surface area (Å²) in [5.41, 5.74) is 6.61. The second-order valence-electron chi connectivity index (χ2n) is 32.6. The van der Waals surface area contributed by atoms with Crippen LogP contribution in [0.2, 0.25) is 39.3 Å². The van der Waals surface area contributed by atoms with E-state index in [4.69, 9.17) is 23.1 Å². The molecule has 118 heavy (non-hydrogen) atoms. The fourth-order valence-electron chi connectivity index (χ4n) is 17.1. The maximum Gasteiger partial charge on any atom is 0.356 e. The summed E-state index contributed by atoms with van der Waals surface area (Å²) in [6, 6.07) is 50.1. The topological polar surface area (TPSA) is 266 Å². The molecule has 14 rings (SSSR count). The van der Waals surface area contributed by atoms with Crippen LogP contribution in [0.25, 0.3) is 11.1 Å². The number of fused-ring (bicyclic) bond motifs is 2. The Balaban J connectivity index is 0.000000172. The van der Waals surface area contributed by atoms with Crippen LogP contribution in [0.3, 0.4) is 0 Å². The summed E-state index contributed by atoms with van der Waals surface area (Å²) < 4.78 is 29.2. The third kappa shape index (κ3) is 17.3. The lowest BCUT2D eigenvalue weighted by molar-refractivity contribution is -0.162. The number of esters is 3. The van der Waals surface area contributed by atoms with Crippen LogP contribution in [0, 0.1) is 17.8 Å². The van der Waals surface area contributed by atoms with E-state index in [1.807, 2.05) is 153 Å². The van der Waals surface area contributed by atoms with Gasteiger partial charge in [0.15, 0.2) is 22.4 Å². The van der Waals surface area contributed by atoms with Gasteiger partial charge in [0.25, 0.3) is 0 Å². The quantitative estimate of drug-likeness (QED) is 0.00910. The van der Waals surface area contributed by atoms with Crippen LogP contribution in [-0.4, -0.2) is 233 Å². The second-order valence-corrected chi connectivity index (χ2v) is 44.8. The summed E-state index contributed by atoms with van der Waals surface area (Å²) in [6.07, 6.45) is 3.93. The molecular weight excluding hydrogens is 1550 g/mol. The molecule has 8 heterocycles. The summed E-state index contributed by atoms with van der Waals surface area (Å²) in [6.45, 7) is 29.6. The Kier molecular flexibility index (Phi) is 26.3. The Morgan fingerprint density at radius 1 is 0.466 bits per heavy atom. The normalized spacial score (nSPS) is 21.0. The molecular formula is C90H106N9O16PSi2. The standard InChI is InChI=1S/C43H48N3O6PSi.C25H33N3O5Si.C22H25N3O5/c1-7-29-51-42(49)41(53(34-17-11-8-12-18-34,35-19-13-9-14-20-35)36-21-15-10-16-22-36)46-37(39(40(46)48)31(2)52-54(4,5)6)30-38(47)32-23-25-33(26-24-32)45-28-27-44(3)43(45)50;1-7-14-32-24(30)22-19(15-20-21(23(29)28(20)22)16(2)33-34(4,5)6)17-8-10-18(11-9-17)27-13-12-26(3)25(27)31;1-4-11-30-21(28)19-16(12-17-18(13(2)26)20(27)25(17)19)14-5-7-15(8-6-14)24-10-9-23(3)22(24)29/h7-26,31,37,39H,1,27-30H2,2-6H3;7-11,16,20-21H,1,12-15H2,2-6H3;4-8,13,17-18,26H,1,9-12H2,2-3H3/t31-,37-,39-;16-,20-,21-;13-,17-,18-/m111/s1. The molecule has 1 N–H and O–H groups in total. The zero-order chi connectivity index (χ0) is 85.0. The van der Waals surface area contributed by atoms with Gasteiger partial charge in [0, 0.05) is 96.3 Å². The fourth-order valence-corrected chi connectivity index (χ4v) is 24.0. The molecule has 8 aliphatic rings. The zero-order valence-electron chi connectivity index (χ0n) is 69.2. The van der Waals surface area contributed by atoms with Crippen molar-refractivity contribution in [1.82, 2.24) is 29.4 Å². The van der Waals surface area contributed by atoms with Crippen molar-refractivity contribution in [2.45, 2.75) is 116 Å². The van der Waals surface area contributed by atoms with Crippen molar-refractivity contribution < 1.29 is 76.1 Å². The van der Waals surface area contributed by atoms with Crippen LogP contribution < -0.4 is 30.6 Å². The number of aliphatic hydroxyl groups excluding tert-OH is 1. The monoisotopic (exact) mass is 1660 g/mol. The number of ketones is 1. The van der Waals surface area contributed by atoms with E-state index in [-0.39, 0.29) is 103 Å². The van der Waals surface area contributed by atoms with Gasteiger partial charge in [0.1, 0.15) is 36.6 Å². The highest BCUT2D eigenvalue weighted by atomic mass is 31.2. The van der Waals surface area contributed by atoms with Gasteiger partial charge in [-0.1, -0.05) is 153 Å². The summed E-state index contributed by atoms with van der Waals surface area (Å²) >= 11 is 0. The summed E-state index contributed by atoms with van der Waals surface area (Å²) in [5.74, 6) is -4.10. The van der Waals surface area contributed by atoms with E-state index in [1.54, 1.807) is 91.5 Å². The van der Waals surface area contributed by atoms with Crippen molar-refractivity contribution >= 4 is 133 Å². The molecule has 6 aromatic carbocycles. The Morgan fingerprint density at radius 2 is 0.814 bits per heavy atom. The number of likely N-dealkylation sites (tertiary alicyclic amines) is 1. The third-order valence-corrected chi connectivity index (χ3v) is 28.8. The van der Waals surface area contributed by atoms with Gasteiger partial charge in [-0.05, 0) is 160 Å². The van der Waals surface area contributed by atoms with Crippen molar-refractivity contribution in [2.75, 3.05) is 94.9 Å². The minimum atomic E-state index is -3.17. The highest BCUT2D eigenvalue weighted by Crippen LogP contribution is 2.53. The zero-order valence-corrected chi connectivity index (χ0v) is 72.1. The van der Waals surface area contributed by atoms with Gasteiger partial charge >= 0.3 is 36.0 Å². The summed E-state index contributed by atoms with van der Waals surface area (Å²) in [4.78, 5) is 147. The van der Waals surface area contributed by atoms with Crippen molar-refractivity contribution in [3.8, 4) is 0 Å². The maximum absolute atomic E-state index is 14.9. The molecule has 6 fully saturated rings. The SMILES string of the molecule is C=CCOC(=O)C(N1C(=O)[C@H]([C@@H](C)O[Si](C)(C)C)[C@H]1CC(=O)c1ccc(N2CCN(C)C2=O)cc1)=P(c1ccccc1)(c1ccccc1)c1ccccc1.C=CCOC(=O)C1=C(c2ccc(N3CCN(C)C3=O)cc2)C[C@@H]2[C@@H]([C@@H](C)O)C(=O)N12.C=CCOC(=O)C1=C(c2ccc(N3CCN(C)C3=O)cc2)C[C@@H]2[C@@H]([C@@H](C)O[Si](C)(C)C)C(=O)N12. The molecule has 0 unspecified atom stereocenters. The number of Topliss-reactive ketones (excluding diaryl/α,β-unsaturated/α-hetero) is 1. The molecule has 0 bridgehead atoms.